The molecular weight excluding hydrogens is 162 g/mol. The zero-order valence-corrected chi connectivity index (χ0v) is 6.65. The maximum atomic E-state index is 10.6. The van der Waals surface area contributed by atoms with Gasteiger partial charge in [-0.1, -0.05) is 6.58 Å². The van der Waals surface area contributed by atoms with E-state index in [2.05, 4.69) is 11.9 Å². The largest absolute Gasteiger partial charge is 0.479 e. The number of aliphatic hydroxyl groups is 1. The van der Waals surface area contributed by atoms with Crippen LogP contribution in [0.25, 0.3) is 0 Å². The minimum Gasteiger partial charge on any atom is -0.479 e. The summed E-state index contributed by atoms with van der Waals surface area (Å²) in [6, 6.07) is -0.826. The molecule has 0 aromatic rings. The molecule has 0 saturated heterocycles. The molecule has 0 aliphatic heterocycles. The average Bonchev–Trinajstić information content (AvgIpc) is 2.02. The van der Waals surface area contributed by atoms with Crippen LogP contribution >= 0.6 is 0 Å². The van der Waals surface area contributed by atoms with Crippen molar-refractivity contribution in [2.75, 3.05) is 0 Å². The highest BCUT2D eigenvalue weighted by Gasteiger charge is 2.21. The maximum absolute atomic E-state index is 10.6. The Labute approximate surface area is 69.7 Å². The van der Waals surface area contributed by atoms with Gasteiger partial charge in [-0.3, -0.25) is 4.79 Å². The van der Waals surface area contributed by atoms with E-state index in [1.807, 2.05) is 0 Å². The van der Waals surface area contributed by atoms with E-state index in [0.717, 1.165) is 6.08 Å². The molecule has 0 rings (SSSR count). The number of amides is 1. The van der Waals surface area contributed by atoms with Crippen molar-refractivity contribution in [3.63, 3.8) is 0 Å². The monoisotopic (exact) mass is 173 g/mol. The topological polar surface area (TPSA) is 86.6 Å². The number of carbonyl (C=O) groups excluding carboxylic acids is 1. The first-order valence-electron chi connectivity index (χ1n) is 3.33. The molecule has 3 N–H and O–H groups in total. The van der Waals surface area contributed by atoms with Crippen molar-refractivity contribution in [2.24, 2.45) is 0 Å². The van der Waals surface area contributed by atoms with Crippen LogP contribution in [0, 0.1) is 0 Å². The van der Waals surface area contributed by atoms with Crippen molar-refractivity contribution in [3.8, 4) is 0 Å². The number of aliphatic hydroxyl groups excluding tert-OH is 1. The lowest BCUT2D eigenvalue weighted by atomic mass is 10.2. The maximum Gasteiger partial charge on any atom is 0.334 e. The van der Waals surface area contributed by atoms with Crippen molar-refractivity contribution in [2.45, 2.75) is 19.1 Å². The van der Waals surface area contributed by atoms with E-state index in [9.17, 15) is 9.59 Å². The van der Waals surface area contributed by atoms with E-state index in [0.29, 0.717) is 0 Å². The van der Waals surface area contributed by atoms with Crippen LogP contribution in [0.3, 0.4) is 0 Å². The lowest BCUT2D eigenvalue weighted by molar-refractivity contribution is -0.148. The fourth-order valence-electron chi connectivity index (χ4n) is 0.576. The van der Waals surface area contributed by atoms with E-state index < -0.39 is 24.0 Å². The quantitative estimate of drug-likeness (QED) is 0.482. The molecule has 5 heteroatoms. The summed E-state index contributed by atoms with van der Waals surface area (Å²) in [4.78, 5) is 20.8. The molecule has 0 aliphatic rings. The van der Waals surface area contributed by atoms with Crippen molar-refractivity contribution in [3.05, 3.63) is 12.7 Å². The Morgan fingerprint density at radius 1 is 1.58 bits per heavy atom. The molecule has 5 nitrogen and oxygen atoms in total. The molecule has 0 bridgehead atoms. The Morgan fingerprint density at radius 2 is 2.08 bits per heavy atom. The molecule has 0 fully saturated rings. The highest BCUT2D eigenvalue weighted by atomic mass is 16.4. The second-order valence-corrected chi connectivity index (χ2v) is 2.28. The molecule has 0 aromatic carbocycles. The summed E-state index contributed by atoms with van der Waals surface area (Å²) in [5.41, 5.74) is 0. The normalized spacial score (nSPS) is 14.5. The van der Waals surface area contributed by atoms with Crippen LogP contribution in [-0.4, -0.2) is 34.2 Å². The molecular formula is C7H11NO4. The SMILES string of the molecule is C=CC(=O)NC(C)C(O)C(=O)O. The molecule has 0 saturated carbocycles. The van der Waals surface area contributed by atoms with Gasteiger partial charge in [0.1, 0.15) is 0 Å². The van der Waals surface area contributed by atoms with E-state index >= 15 is 0 Å². The molecule has 0 spiro atoms. The Bertz CT molecular complexity index is 202. The molecule has 68 valence electrons. The second kappa shape index (κ2) is 4.50. The van der Waals surface area contributed by atoms with Crippen molar-refractivity contribution in [1.29, 1.82) is 0 Å². The van der Waals surface area contributed by atoms with Crippen molar-refractivity contribution < 1.29 is 19.8 Å². The molecule has 12 heavy (non-hydrogen) atoms. The van der Waals surface area contributed by atoms with Crippen LogP contribution in [0.4, 0.5) is 0 Å². The Kier molecular flexibility index (Phi) is 3.99. The summed E-state index contributed by atoms with van der Waals surface area (Å²) >= 11 is 0. The number of carboxylic acids is 1. The van der Waals surface area contributed by atoms with Crippen LogP contribution in [0.2, 0.25) is 0 Å². The fraction of sp³-hybridized carbons (Fsp3) is 0.429. The van der Waals surface area contributed by atoms with Crippen molar-refractivity contribution in [1.82, 2.24) is 5.32 Å². The highest BCUT2D eigenvalue weighted by molar-refractivity contribution is 5.87. The number of hydrogen-bond acceptors (Lipinski definition) is 3. The number of nitrogens with one attached hydrogen (secondary N) is 1. The summed E-state index contributed by atoms with van der Waals surface area (Å²) in [6.07, 6.45) is -0.584. The average molecular weight is 173 g/mol. The first-order valence-corrected chi connectivity index (χ1v) is 3.33. The Hall–Kier alpha value is -1.36. The highest BCUT2D eigenvalue weighted by Crippen LogP contribution is 1.92. The zero-order chi connectivity index (χ0) is 9.72. The Balaban J connectivity index is 4.03. The first-order chi connectivity index (χ1) is 5.49. The van der Waals surface area contributed by atoms with Gasteiger partial charge in [0.25, 0.3) is 0 Å². The number of hydrogen-bond donors (Lipinski definition) is 3. The third-order valence-electron chi connectivity index (χ3n) is 1.28. The van der Waals surface area contributed by atoms with Gasteiger partial charge in [0.05, 0.1) is 6.04 Å². The van der Waals surface area contributed by atoms with Crippen LogP contribution in [-0.2, 0) is 9.59 Å². The Morgan fingerprint density at radius 3 is 2.42 bits per heavy atom. The summed E-state index contributed by atoms with van der Waals surface area (Å²) in [6.45, 7) is 4.57. The van der Waals surface area contributed by atoms with E-state index in [4.69, 9.17) is 10.2 Å². The molecule has 2 unspecified atom stereocenters. The first kappa shape index (κ1) is 10.6. The van der Waals surface area contributed by atoms with Gasteiger partial charge >= 0.3 is 5.97 Å². The third-order valence-corrected chi connectivity index (χ3v) is 1.28. The summed E-state index contributed by atoms with van der Waals surface area (Å²) < 4.78 is 0. The molecule has 0 heterocycles. The summed E-state index contributed by atoms with van der Waals surface area (Å²) in [5.74, 6) is -1.88. The number of aliphatic carboxylic acids is 1. The van der Waals surface area contributed by atoms with E-state index in [1.165, 1.54) is 6.92 Å². The number of rotatable bonds is 4. The minimum atomic E-state index is -1.59. The molecule has 2 atom stereocenters. The lowest BCUT2D eigenvalue weighted by Gasteiger charge is -2.15. The van der Waals surface area contributed by atoms with Gasteiger partial charge in [-0.05, 0) is 13.0 Å². The van der Waals surface area contributed by atoms with Gasteiger partial charge in [-0.2, -0.15) is 0 Å². The molecule has 0 aliphatic carbocycles. The number of carbonyl (C=O) groups is 2. The third kappa shape index (κ3) is 3.16. The van der Waals surface area contributed by atoms with Gasteiger partial charge in [0, 0.05) is 0 Å². The minimum absolute atomic E-state index is 0.511. The molecule has 0 radical (unpaired) electrons. The molecule has 1 amide bonds. The predicted molar refractivity (Wildman–Crippen MR) is 41.4 cm³/mol. The summed E-state index contributed by atoms with van der Waals surface area (Å²) in [5, 5.41) is 19.4. The van der Waals surface area contributed by atoms with E-state index in [-0.39, 0.29) is 0 Å². The van der Waals surface area contributed by atoms with Gasteiger partial charge < -0.3 is 15.5 Å². The van der Waals surface area contributed by atoms with Crippen LogP contribution in [0.5, 0.6) is 0 Å². The van der Waals surface area contributed by atoms with Gasteiger partial charge in [0.15, 0.2) is 6.10 Å². The second-order valence-electron chi connectivity index (χ2n) is 2.28. The smallest absolute Gasteiger partial charge is 0.334 e. The van der Waals surface area contributed by atoms with Gasteiger partial charge in [0.2, 0.25) is 5.91 Å². The van der Waals surface area contributed by atoms with Crippen LogP contribution < -0.4 is 5.32 Å². The van der Waals surface area contributed by atoms with E-state index in [1.54, 1.807) is 0 Å². The van der Waals surface area contributed by atoms with Crippen molar-refractivity contribution >= 4 is 11.9 Å². The van der Waals surface area contributed by atoms with Gasteiger partial charge in [-0.15, -0.1) is 0 Å². The zero-order valence-electron chi connectivity index (χ0n) is 6.65. The van der Waals surface area contributed by atoms with Crippen LogP contribution in [0.15, 0.2) is 12.7 Å². The van der Waals surface area contributed by atoms with Gasteiger partial charge in [-0.25, -0.2) is 4.79 Å². The lowest BCUT2D eigenvalue weighted by Crippen LogP contribution is -2.44. The summed E-state index contributed by atoms with van der Waals surface area (Å²) in [7, 11) is 0. The number of carboxylic acid groups (broad SMARTS) is 1. The standard InChI is InChI=1S/C7H11NO4/c1-3-5(9)8-4(2)6(10)7(11)12/h3-4,6,10H,1H2,2H3,(H,8,9)(H,11,12). The van der Waals surface area contributed by atoms with Crippen LogP contribution in [0.1, 0.15) is 6.92 Å². The fourth-order valence-corrected chi connectivity index (χ4v) is 0.576. The molecule has 0 aromatic heterocycles. The predicted octanol–water partition coefficient (Wildman–Crippen LogP) is -0.877.